The summed E-state index contributed by atoms with van der Waals surface area (Å²) in [6, 6.07) is 15.9. The molecule has 130 valence electrons. The molecular weight excluding hydrogens is 330 g/mol. The molecule has 5 heteroatoms. The molecular formula is C20H23N3OS. The average Bonchev–Trinajstić information content (AvgIpc) is 2.65. The number of fused-ring (bicyclic) bond motifs is 3. The van der Waals surface area contributed by atoms with E-state index < -0.39 is 0 Å². The maximum absolute atomic E-state index is 12.6. The highest BCUT2D eigenvalue weighted by atomic mass is 32.2. The molecule has 1 unspecified atom stereocenters. The van der Waals surface area contributed by atoms with Gasteiger partial charge in [0.1, 0.15) is 0 Å². The van der Waals surface area contributed by atoms with Crippen molar-refractivity contribution in [2.24, 2.45) is 5.92 Å². The number of hydrogen-bond acceptors (Lipinski definition) is 4. The van der Waals surface area contributed by atoms with Gasteiger partial charge in [0.05, 0.1) is 0 Å². The largest absolute Gasteiger partial charge is 0.398 e. The first-order valence-corrected chi connectivity index (χ1v) is 9.66. The van der Waals surface area contributed by atoms with Crippen molar-refractivity contribution in [3.63, 3.8) is 0 Å². The van der Waals surface area contributed by atoms with E-state index in [1.165, 1.54) is 25.9 Å². The Hall–Kier alpha value is -1.98. The minimum absolute atomic E-state index is 0.0366. The Bertz CT molecular complexity index is 754. The van der Waals surface area contributed by atoms with Crippen molar-refractivity contribution < 1.29 is 4.79 Å². The van der Waals surface area contributed by atoms with E-state index in [1.54, 1.807) is 11.8 Å². The van der Waals surface area contributed by atoms with Gasteiger partial charge < -0.3 is 16.0 Å². The third-order valence-electron chi connectivity index (χ3n) is 5.24. The van der Waals surface area contributed by atoms with E-state index in [2.05, 4.69) is 10.2 Å². The zero-order chi connectivity index (χ0) is 17.2. The molecule has 3 saturated heterocycles. The van der Waals surface area contributed by atoms with Crippen LogP contribution in [0.4, 0.5) is 5.69 Å². The Morgan fingerprint density at radius 1 is 1.08 bits per heavy atom. The molecule has 2 bridgehead atoms. The Morgan fingerprint density at radius 2 is 1.80 bits per heavy atom. The Balaban J connectivity index is 1.40. The molecule has 3 heterocycles. The van der Waals surface area contributed by atoms with Gasteiger partial charge in [-0.2, -0.15) is 0 Å². The third-order valence-corrected chi connectivity index (χ3v) is 6.34. The molecule has 3 aliphatic rings. The van der Waals surface area contributed by atoms with Crippen LogP contribution in [0.5, 0.6) is 0 Å². The van der Waals surface area contributed by atoms with E-state index in [1.807, 2.05) is 48.5 Å². The van der Waals surface area contributed by atoms with E-state index >= 15 is 0 Å². The molecule has 5 rings (SSSR count). The first-order valence-electron chi connectivity index (χ1n) is 8.85. The summed E-state index contributed by atoms with van der Waals surface area (Å²) < 4.78 is 0. The van der Waals surface area contributed by atoms with Gasteiger partial charge in [0.2, 0.25) is 0 Å². The second-order valence-corrected chi connectivity index (χ2v) is 8.00. The normalized spacial score (nSPS) is 24.9. The fraction of sp³-hybridized carbons (Fsp3) is 0.350. The van der Waals surface area contributed by atoms with Crippen molar-refractivity contribution in [2.45, 2.75) is 28.7 Å². The Morgan fingerprint density at radius 3 is 2.44 bits per heavy atom. The minimum atomic E-state index is 0.0366. The van der Waals surface area contributed by atoms with Crippen molar-refractivity contribution in [1.29, 1.82) is 0 Å². The topological polar surface area (TPSA) is 58.4 Å². The zero-order valence-electron chi connectivity index (χ0n) is 14.2. The lowest BCUT2D eigenvalue weighted by Gasteiger charge is -2.44. The number of piperidine rings is 3. The number of benzene rings is 2. The zero-order valence-corrected chi connectivity index (χ0v) is 15.0. The summed E-state index contributed by atoms with van der Waals surface area (Å²) in [7, 11) is 0. The number of carbonyl (C=O) groups excluding carboxylic acids is 1. The Kier molecular flexibility index (Phi) is 4.68. The average molecular weight is 353 g/mol. The lowest BCUT2D eigenvalue weighted by Crippen LogP contribution is -2.57. The van der Waals surface area contributed by atoms with Crippen LogP contribution in [0.15, 0.2) is 58.3 Å². The highest BCUT2D eigenvalue weighted by Gasteiger charge is 2.34. The maximum atomic E-state index is 12.6. The van der Waals surface area contributed by atoms with Crippen LogP contribution >= 0.6 is 11.8 Å². The molecule has 1 amide bonds. The standard InChI is InChI=1S/C20H23N3OS/c21-17-3-1-2-4-19(17)25-16-7-5-15(6-8-16)20(24)22-18-13-23-11-9-14(18)10-12-23/h1-8,14,18H,9-13,21H2,(H,22,24). The summed E-state index contributed by atoms with van der Waals surface area (Å²) >= 11 is 1.62. The third kappa shape index (κ3) is 3.67. The Labute approximate surface area is 152 Å². The molecule has 3 aliphatic heterocycles. The van der Waals surface area contributed by atoms with Gasteiger partial charge in [-0.05, 0) is 68.2 Å². The molecule has 3 N–H and O–H groups in total. The SMILES string of the molecule is Nc1ccccc1Sc1ccc(C(=O)NC2CN3CCC2CC3)cc1. The summed E-state index contributed by atoms with van der Waals surface area (Å²) in [6.07, 6.45) is 2.41. The molecule has 0 aromatic heterocycles. The fourth-order valence-corrected chi connectivity index (χ4v) is 4.61. The molecule has 1 atom stereocenters. The molecule has 3 fully saturated rings. The minimum Gasteiger partial charge on any atom is -0.398 e. The van der Waals surface area contributed by atoms with Crippen LogP contribution in [0.3, 0.4) is 0 Å². The van der Waals surface area contributed by atoms with Gasteiger partial charge in [0, 0.05) is 33.6 Å². The monoisotopic (exact) mass is 353 g/mol. The number of anilines is 1. The smallest absolute Gasteiger partial charge is 0.251 e. The van der Waals surface area contributed by atoms with E-state index in [9.17, 15) is 4.79 Å². The van der Waals surface area contributed by atoms with Crippen molar-refractivity contribution in [3.05, 3.63) is 54.1 Å². The van der Waals surface area contributed by atoms with Gasteiger partial charge in [-0.15, -0.1) is 0 Å². The highest BCUT2D eigenvalue weighted by Crippen LogP contribution is 2.32. The number of rotatable bonds is 4. The van der Waals surface area contributed by atoms with Crippen LogP contribution in [0.25, 0.3) is 0 Å². The second-order valence-electron chi connectivity index (χ2n) is 6.88. The van der Waals surface area contributed by atoms with Gasteiger partial charge in [-0.1, -0.05) is 23.9 Å². The van der Waals surface area contributed by atoms with E-state index in [-0.39, 0.29) is 5.91 Å². The number of amides is 1. The van der Waals surface area contributed by atoms with Gasteiger partial charge in [-0.25, -0.2) is 0 Å². The van der Waals surface area contributed by atoms with Crippen molar-refractivity contribution >= 4 is 23.4 Å². The number of carbonyl (C=O) groups is 1. The van der Waals surface area contributed by atoms with Crippen molar-refractivity contribution in [3.8, 4) is 0 Å². The van der Waals surface area contributed by atoms with Crippen LogP contribution in [0.1, 0.15) is 23.2 Å². The highest BCUT2D eigenvalue weighted by molar-refractivity contribution is 7.99. The van der Waals surface area contributed by atoms with E-state index in [0.717, 1.165) is 27.6 Å². The van der Waals surface area contributed by atoms with Crippen LogP contribution in [-0.2, 0) is 0 Å². The first-order chi connectivity index (χ1) is 12.2. The number of nitrogens with one attached hydrogen (secondary N) is 1. The summed E-state index contributed by atoms with van der Waals surface area (Å²) in [4.78, 5) is 17.1. The van der Waals surface area contributed by atoms with Gasteiger partial charge in [-0.3, -0.25) is 4.79 Å². The van der Waals surface area contributed by atoms with Crippen LogP contribution in [-0.4, -0.2) is 36.5 Å². The molecule has 0 radical (unpaired) electrons. The predicted molar refractivity (Wildman–Crippen MR) is 102 cm³/mol. The number of nitrogen functional groups attached to an aromatic ring is 1. The summed E-state index contributed by atoms with van der Waals surface area (Å²) in [5.41, 5.74) is 7.49. The van der Waals surface area contributed by atoms with Gasteiger partial charge in [0.25, 0.3) is 5.91 Å². The van der Waals surface area contributed by atoms with Crippen molar-refractivity contribution in [2.75, 3.05) is 25.4 Å². The van der Waals surface area contributed by atoms with Crippen LogP contribution < -0.4 is 11.1 Å². The number of hydrogen-bond donors (Lipinski definition) is 2. The van der Waals surface area contributed by atoms with Crippen LogP contribution in [0, 0.1) is 5.92 Å². The predicted octanol–water partition coefficient (Wildman–Crippen LogP) is 3.24. The summed E-state index contributed by atoms with van der Waals surface area (Å²) in [6.45, 7) is 3.37. The van der Waals surface area contributed by atoms with E-state index in [4.69, 9.17) is 5.73 Å². The number of para-hydroxylation sites is 1. The van der Waals surface area contributed by atoms with E-state index in [0.29, 0.717) is 12.0 Å². The van der Waals surface area contributed by atoms with Crippen LogP contribution in [0.2, 0.25) is 0 Å². The molecule has 0 spiro atoms. The second kappa shape index (κ2) is 7.10. The van der Waals surface area contributed by atoms with Crippen molar-refractivity contribution in [1.82, 2.24) is 10.2 Å². The molecule has 0 saturated carbocycles. The number of nitrogens with zero attached hydrogens (tertiary/aromatic N) is 1. The molecule has 0 aliphatic carbocycles. The lowest BCUT2D eigenvalue weighted by molar-refractivity contribution is 0.0620. The fourth-order valence-electron chi connectivity index (χ4n) is 3.76. The van der Waals surface area contributed by atoms with Gasteiger partial charge >= 0.3 is 0 Å². The quantitative estimate of drug-likeness (QED) is 0.829. The lowest BCUT2D eigenvalue weighted by atomic mass is 9.84. The molecule has 25 heavy (non-hydrogen) atoms. The first kappa shape index (κ1) is 16.5. The summed E-state index contributed by atoms with van der Waals surface area (Å²) in [5.74, 6) is 0.680. The maximum Gasteiger partial charge on any atom is 0.251 e. The summed E-state index contributed by atoms with van der Waals surface area (Å²) in [5, 5.41) is 3.24. The molecule has 2 aromatic carbocycles. The van der Waals surface area contributed by atoms with Gasteiger partial charge in [0.15, 0.2) is 0 Å². The molecule has 2 aromatic rings. The molecule has 4 nitrogen and oxygen atoms in total. The number of nitrogens with two attached hydrogens (primary N) is 1.